The number of nitrogens with two attached hydrogens (primary N) is 1. The first kappa shape index (κ1) is 24.5. The van der Waals surface area contributed by atoms with Crippen LogP contribution < -0.4 is 29.4 Å². The van der Waals surface area contributed by atoms with Gasteiger partial charge in [0.2, 0.25) is 5.88 Å². The fourth-order valence-electron chi connectivity index (χ4n) is 3.88. The molecule has 0 radical (unpaired) electrons. The molecule has 8 nitrogen and oxygen atoms in total. The number of hydrogen-bond donors (Lipinski definition) is 1. The normalized spacial score (nSPS) is 14.2. The number of benzene rings is 3. The van der Waals surface area contributed by atoms with Crippen LogP contribution in [0.15, 0.2) is 78.2 Å². The van der Waals surface area contributed by atoms with Crippen molar-refractivity contribution in [3.8, 4) is 34.8 Å². The molecule has 0 bridgehead atoms. The number of carbonyl (C=O) groups is 1. The molecule has 0 aliphatic carbocycles. The van der Waals surface area contributed by atoms with E-state index in [4.69, 9.17) is 29.4 Å². The summed E-state index contributed by atoms with van der Waals surface area (Å²) in [6.45, 7) is 2.31. The van der Waals surface area contributed by atoms with Gasteiger partial charge in [-0.05, 0) is 42.3 Å². The second-order valence-electron chi connectivity index (χ2n) is 7.96. The van der Waals surface area contributed by atoms with Gasteiger partial charge in [0.05, 0.1) is 19.6 Å². The molecule has 3 aromatic rings. The zero-order chi connectivity index (χ0) is 25.5. The summed E-state index contributed by atoms with van der Waals surface area (Å²) in [5.41, 5.74) is 7.96. The molecule has 36 heavy (non-hydrogen) atoms. The quantitative estimate of drug-likeness (QED) is 0.342. The van der Waals surface area contributed by atoms with Gasteiger partial charge in [0, 0.05) is 11.6 Å². The maximum atomic E-state index is 12.4. The third-order valence-corrected chi connectivity index (χ3v) is 5.50. The van der Waals surface area contributed by atoms with E-state index < -0.39 is 11.9 Å². The number of methoxy groups -OCH3 is 1. The van der Waals surface area contributed by atoms with E-state index in [1.54, 1.807) is 42.5 Å². The summed E-state index contributed by atoms with van der Waals surface area (Å²) in [6.07, 6.45) is 0.881. The third kappa shape index (κ3) is 5.36. The molecule has 4 rings (SSSR count). The van der Waals surface area contributed by atoms with Crippen LogP contribution in [0.3, 0.4) is 0 Å². The molecule has 1 unspecified atom stereocenters. The van der Waals surface area contributed by atoms with Crippen LogP contribution in [0.25, 0.3) is 0 Å². The minimum absolute atomic E-state index is 0.00198. The van der Waals surface area contributed by atoms with Crippen molar-refractivity contribution < 1.29 is 28.5 Å². The van der Waals surface area contributed by atoms with E-state index in [0.717, 1.165) is 17.5 Å². The summed E-state index contributed by atoms with van der Waals surface area (Å²) < 4.78 is 27.7. The van der Waals surface area contributed by atoms with Crippen LogP contribution in [0, 0.1) is 11.3 Å². The molecule has 0 aromatic heterocycles. The number of carbonyl (C=O) groups excluding carboxylic acids is 1. The predicted molar refractivity (Wildman–Crippen MR) is 132 cm³/mol. The molecule has 0 fully saturated rings. The summed E-state index contributed by atoms with van der Waals surface area (Å²) in [7, 11) is 1.52. The molecule has 0 spiro atoms. The summed E-state index contributed by atoms with van der Waals surface area (Å²) in [5, 5.41) is 9.80. The number of esters is 1. The number of allylic oxidation sites excluding steroid dienone is 1. The maximum absolute atomic E-state index is 12.4. The van der Waals surface area contributed by atoms with Crippen LogP contribution in [0.5, 0.6) is 28.7 Å². The first-order valence-corrected chi connectivity index (χ1v) is 11.4. The van der Waals surface area contributed by atoms with Crippen molar-refractivity contribution >= 4 is 5.97 Å². The molecule has 1 aliphatic heterocycles. The molecule has 3 aromatic carbocycles. The fourth-order valence-corrected chi connectivity index (χ4v) is 3.88. The van der Waals surface area contributed by atoms with E-state index in [1.807, 2.05) is 31.2 Å². The van der Waals surface area contributed by atoms with Crippen LogP contribution in [0.1, 0.15) is 30.4 Å². The molecule has 1 aliphatic rings. The third-order valence-electron chi connectivity index (χ3n) is 5.50. The van der Waals surface area contributed by atoms with Crippen LogP contribution >= 0.6 is 0 Å². The highest BCUT2D eigenvalue weighted by Gasteiger charge is 2.31. The Kier molecular flexibility index (Phi) is 7.61. The van der Waals surface area contributed by atoms with Crippen LogP contribution in [-0.2, 0) is 4.79 Å². The van der Waals surface area contributed by atoms with E-state index >= 15 is 0 Å². The van der Waals surface area contributed by atoms with Gasteiger partial charge in [0.1, 0.15) is 28.9 Å². The molecule has 0 saturated carbocycles. The first-order valence-electron chi connectivity index (χ1n) is 11.4. The van der Waals surface area contributed by atoms with E-state index in [-0.39, 0.29) is 18.2 Å². The van der Waals surface area contributed by atoms with Crippen LogP contribution in [0.4, 0.5) is 0 Å². The molecule has 1 atom stereocenters. The summed E-state index contributed by atoms with van der Waals surface area (Å²) in [6, 6.07) is 21.7. The van der Waals surface area contributed by atoms with E-state index in [1.165, 1.54) is 7.11 Å². The number of nitriles is 1. The highest BCUT2D eigenvalue weighted by atomic mass is 16.6. The first-order chi connectivity index (χ1) is 17.5. The molecule has 0 saturated heterocycles. The fraction of sp³-hybridized carbons (Fsp3) is 0.214. The molecular formula is C28H26N2O6. The lowest BCUT2D eigenvalue weighted by Crippen LogP contribution is -2.22. The van der Waals surface area contributed by atoms with Crippen LogP contribution in [0.2, 0.25) is 0 Å². The van der Waals surface area contributed by atoms with E-state index in [0.29, 0.717) is 35.2 Å². The van der Waals surface area contributed by atoms with Gasteiger partial charge in [-0.15, -0.1) is 0 Å². The molecule has 1 heterocycles. The average Bonchev–Trinajstić information content (AvgIpc) is 2.90. The number of fused-ring (bicyclic) bond motifs is 1. The largest absolute Gasteiger partial charge is 0.494 e. The number of nitrogens with zero attached hydrogens (tertiary/aromatic N) is 1. The van der Waals surface area contributed by atoms with Gasteiger partial charge < -0.3 is 29.4 Å². The summed E-state index contributed by atoms with van der Waals surface area (Å²) in [4.78, 5) is 12.4. The standard InChI is InChI=1S/C28H26N2O6/c1-3-13-33-19-8-6-7-18(14-19)27-21-12-11-20(15-25(21)36-28(30)22(27)16-29)35-26(31)17-34-24-10-5-4-9-23(24)32-2/h4-12,14-15,27H,3,13,17,30H2,1-2H3. The van der Waals surface area contributed by atoms with E-state index in [2.05, 4.69) is 6.07 Å². The Morgan fingerprint density at radius 3 is 2.58 bits per heavy atom. The zero-order valence-corrected chi connectivity index (χ0v) is 20.0. The lowest BCUT2D eigenvalue weighted by atomic mass is 9.83. The highest BCUT2D eigenvalue weighted by Crippen LogP contribution is 2.44. The SMILES string of the molecule is CCCOc1cccc(C2C(C#N)=C(N)Oc3cc(OC(=O)COc4ccccc4OC)ccc32)c1. The average molecular weight is 487 g/mol. The monoisotopic (exact) mass is 486 g/mol. The zero-order valence-electron chi connectivity index (χ0n) is 20.0. The van der Waals surface area contributed by atoms with Crippen molar-refractivity contribution in [2.75, 3.05) is 20.3 Å². The highest BCUT2D eigenvalue weighted by molar-refractivity contribution is 5.74. The topological polar surface area (TPSA) is 113 Å². The molecule has 8 heteroatoms. The van der Waals surface area contributed by atoms with Gasteiger partial charge >= 0.3 is 5.97 Å². The number of rotatable bonds is 9. The Labute approximate surface area is 209 Å². The number of hydrogen-bond acceptors (Lipinski definition) is 8. The number of ether oxygens (including phenoxy) is 5. The van der Waals surface area contributed by atoms with Crippen molar-refractivity contribution in [3.63, 3.8) is 0 Å². The smallest absolute Gasteiger partial charge is 0.349 e. The van der Waals surface area contributed by atoms with Gasteiger partial charge in [-0.25, -0.2) is 4.79 Å². The van der Waals surface area contributed by atoms with Gasteiger partial charge in [0.15, 0.2) is 18.1 Å². The number of para-hydroxylation sites is 2. The Bertz CT molecular complexity index is 1330. The van der Waals surface area contributed by atoms with Gasteiger partial charge in [-0.3, -0.25) is 0 Å². The minimum atomic E-state index is -0.602. The Morgan fingerprint density at radius 1 is 1.03 bits per heavy atom. The van der Waals surface area contributed by atoms with Gasteiger partial charge in [-0.1, -0.05) is 37.3 Å². The second-order valence-corrected chi connectivity index (χ2v) is 7.96. The second kappa shape index (κ2) is 11.2. The van der Waals surface area contributed by atoms with Crippen molar-refractivity contribution in [2.24, 2.45) is 5.73 Å². The Hall–Kier alpha value is -4.64. The minimum Gasteiger partial charge on any atom is -0.494 e. The van der Waals surface area contributed by atoms with Crippen molar-refractivity contribution in [1.29, 1.82) is 5.26 Å². The van der Waals surface area contributed by atoms with Crippen molar-refractivity contribution in [1.82, 2.24) is 0 Å². The maximum Gasteiger partial charge on any atom is 0.349 e. The lowest BCUT2D eigenvalue weighted by molar-refractivity contribution is -0.136. The van der Waals surface area contributed by atoms with Crippen molar-refractivity contribution in [3.05, 3.63) is 89.3 Å². The lowest BCUT2D eigenvalue weighted by Gasteiger charge is -2.27. The van der Waals surface area contributed by atoms with Gasteiger partial charge in [-0.2, -0.15) is 5.26 Å². The predicted octanol–water partition coefficient (Wildman–Crippen LogP) is 4.69. The summed E-state index contributed by atoms with van der Waals surface area (Å²) in [5.74, 6) is 1.25. The summed E-state index contributed by atoms with van der Waals surface area (Å²) >= 11 is 0. The molecule has 2 N–H and O–H groups in total. The van der Waals surface area contributed by atoms with E-state index in [9.17, 15) is 10.1 Å². The molecule has 0 amide bonds. The Morgan fingerprint density at radius 2 is 1.83 bits per heavy atom. The molecular weight excluding hydrogens is 460 g/mol. The van der Waals surface area contributed by atoms with Crippen LogP contribution in [-0.4, -0.2) is 26.3 Å². The Balaban J connectivity index is 1.54. The van der Waals surface area contributed by atoms with Crippen molar-refractivity contribution in [2.45, 2.75) is 19.3 Å². The van der Waals surface area contributed by atoms with Gasteiger partial charge in [0.25, 0.3) is 0 Å². The molecule has 184 valence electrons.